The lowest BCUT2D eigenvalue weighted by atomic mass is 9.93. The molecule has 0 heterocycles. The first kappa shape index (κ1) is 17.7. The molecule has 0 aliphatic heterocycles. The van der Waals surface area contributed by atoms with Crippen molar-refractivity contribution >= 4 is 11.9 Å². The molecule has 2 N–H and O–H groups in total. The van der Waals surface area contributed by atoms with Crippen LogP contribution in [0.3, 0.4) is 0 Å². The van der Waals surface area contributed by atoms with Crippen LogP contribution < -0.4 is 5.32 Å². The largest absolute Gasteiger partial charge is 0.481 e. The van der Waals surface area contributed by atoms with E-state index < -0.39 is 30.0 Å². The minimum Gasteiger partial charge on any atom is -0.481 e. The summed E-state index contributed by atoms with van der Waals surface area (Å²) < 4.78 is 14.4. The van der Waals surface area contributed by atoms with E-state index in [1.807, 2.05) is 19.1 Å². The molecule has 0 saturated heterocycles. The molecule has 4 nitrogen and oxygen atoms in total. The Morgan fingerprint density at radius 2 is 1.58 bits per heavy atom. The van der Waals surface area contributed by atoms with E-state index in [2.05, 4.69) is 5.32 Å². The number of halogens is 1. The van der Waals surface area contributed by atoms with Gasteiger partial charge in [-0.05, 0) is 25.0 Å². The molecule has 0 aliphatic carbocycles. The minimum atomic E-state index is -1.85. The number of carbonyl (C=O) groups excluding carboxylic acids is 1. The van der Waals surface area contributed by atoms with Gasteiger partial charge in [-0.15, -0.1) is 0 Å². The lowest BCUT2D eigenvalue weighted by Crippen LogP contribution is -2.37. The fraction of sp³-hybridized carbons (Fsp3) is 0.263. The Morgan fingerprint density at radius 3 is 2.12 bits per heavy atom. The summed E-state index contributed by atoms with van der Waals surface area (Å²) in [7, 11) is 0. The summed E-state index contributed by atoms with van der Waals surface area (Å²) in [5.74, 6) is -2.80. The van der Waals surface area contributed by atoms with Gasteiger partial charge in [-0.1, -0.05) is 60.2 Å². The van der Waals surface area contributed by atoms with E-state index in [0.717, 1.165) is 5.56 Å². The van der Waals surface area contributed by atoms with Crippen LogP contribution >= 0.6 is 0 Å². The smallest absolute Gasteiger partial charge is 0.308 e. The monoisotopic (exact) mass is 329 g/mol. The number of amides is 1. The topological polar surface area (TPSA) is 66.4 Å². The number of aryl methyl sites for hydroxylation is 1. The van der Waals surface area contributed by atoms with Crippen LogP contribution in [0.25, 0.3) is 0 Å². The first-order chi connectivity index (χ1) is 11.4. The molecule has 24 heavy (non-hydrogen) atoms. The predicted molar refractivity (Wildman–Crippen MR) is 89.2 cm³/mol. The van der Waals surface area contributed by atoms with Gasteiger partial charge in [-0.2, -0.15) is 0 Å². The van der Waals surface area contributed by atoms with Gasteiger partial charge >= 0.3 is 5.97 Å². The first-order valence-electron chi connectivity index (χ1n) is 7.69. The second-order valence-corrected chi connectivity index (χ2v) is 5.80. The Morgan fingerprint density at radius 1 is 1.00 bits per heavy atom. The Bertz CT molecular complexity index is 700. The summed E-state index contributed by atoms with van der Waals surface area (Å²) in [5, 5.41) is 11.8. The molecular weight excluding hydrogens is 309 g/mol. The Kier molecular flexibility index (Phi) is 5.68. The van der Waals surface area contributed by atoms with Crippen molar-refractivity contribution in [2.75, 3.05) is 0 Å². The maximum absolute atomic E-state index is 14.4. The van der Waals surface area contributed by atoms with Gasteiger partial charge in [0.2, 0.25) is 6.17 Å². The van der Waals surface area contributed by atoms with Crippen molar-refractivity contribution in [3.8, 4) is 0 Å². The van der Waals surface area contributed by atoms with Crippen molar-refractivity contribution in [2.24, 2.45) is 5.92 Å². The van der Waals surface area contributed by atoms with Crippen LogP contribution in [-0.4, -0.2) is 17.0 Å². The molecule has 2 rings (SSSR count). The van der Waals surface area contributed by atoms with E-state index in [4.69, 9.17) is 0 Å². The van der Waals surface area contributed by atoms with E-state index in [1.165, 1.54) is 19.1 Å². The molecular formula is C19H20FNO3. The second kappa shape index (κ2) is 7.73. The highest BCUT2D eigenvalue weighted by Gasteiger charge is 2.30. The number of carboxylic acids is 1. The predicted octanol–water partition coefficient (Wildman–Crippen LogP) is 3.58. The van der Waals surface area contributed by atoms with Crippen molar-refractivity contribution in [1.82, 2.24) is 5.32 Å². The van der Waals surface area contributed by atoms with Gasteiger partial charge in [-0.3, -0.25) is 9.59 Å². The minimum absolute atomic E-state index is 0.237. The number of benzene rings is 2. The van der Waals surface area contributed by atoms with Crippen LogP contribution in [0.4, 0.5) is 4.39 Å². The zero-order valence-corrected chi connectivity index (χ0v) is 13.6. The van der Waals surface area contributed by atoms with E-state index in [9.17, 15) is 19.1 Å². The number of hydrogen-bond donors (Lipinski definition) is 2. The normalized spacial score (nSPS) is 14.5. The van der Waals surface area contributed by atoms with Crippen molar-refractivity contribution in [2.45, 2.75) is 26.1 Å². The molecule has 0 aliphatic rings. The van der Waals surface area contributed by atoms with Gasteiger partial charge in [-0.25, -0.2) is 4.39 Å². The molecule has 126 valence electrons. The third kappa shape index (κ3) is 4.19. The molecule has 1 amide bonds. The Balaban J connectivity index is 2.23. The van der Waals surface area contributed by atoms with Gasteiger partial charge < -0.3 is 10.4 Å². The lowest BCUT2D eigenvalue weighted by Gasteiger charge is -2.24. The average Bonchev–Trinajstić information content (AvgIpc) is 2.59. The second-order valence-electron chi connectivity index (χ2n) is 5.80. The van der Waals surface area contributed by atoms with Crippen LogP contribution in [0.5, 0.6) is 0 Å². The Hall–Kier alpha value is -2.69. The third-order valence-corrected chi connectivity index (χ3v) is 3.95. The van der Waals surface area contributed by atoms with Gasteiger partial charge in [0.1, 0.15) is 0 Å². The molecule has 0 aromatic heterocycles. The molecule has 0 bridgehead atoms. The third-order valence-electron chi connectivity index (χ3n) is 3.95. The summed E-state index contributed by atoms with van der Waals surface area (Å²) >= 11 is 0. The number of hydrogen-bond acceptors (Lipinski definition) is 2. The summed E-state index contributed by atoms with van der Waals surface area (Å²) in [6.07, 6.45) is -1.85. The van der Waals surface area contributed by atoms with Crippen LogP contribution in [0.2, 0.25) is 0 Å². The highest BCUT2D eigenvalue weighted by molar-refractivity contribution is 5.83. The number of rotatable bonds is 6. The zero-order valence-electron chi connectivity index (χ0n) is 13.6. The molecule has 2 aromatic rings. The highest BCUT2D eigenvalue weighted by atomic mass is 19.1. The van der Waals surface area contributed by atoms with Crippen LogP contribution in [0.1, 0.15) is 35.8 Å². The molecule has 3 atom stereocenters. The maximum atomic E-state index is 14.4. The summed E-state index contributed by atoms with van der Waals surface area (Å²) in [6, 6.07) is 14.4. The van der Waals surface area contributed by atoms with Crippen molar-refractivity contribution in [3.05, 3.63) is 71.3 Å². The standard InChI is InChI=1S/C19H20FNO3/c1-12-8-10-15(11-9-12)17(13(2)19(23)24)21-18(22)16(20)14-6-4-3-5-7-14/h3-11,13,16-17H,1-2H3,(H,21,22)(H,23,24)/t13-,16-,17+/m1/s1. The molecule has 0 spiro atoms. The quantitative estimate of drug-likeness (QED) is 0.851. The highest BCUT2D eigenvalue weighted by Crippen LogP contribution is 2.25. The van der Waals surface area contributed by atoms with Gasteiger partial charge in [0.05, 0.1) is 12.0 Å². The summed E-state index contributed by atoms with van der Waals surface area (Å²) in [6.45, 7) is 3.40. The van der Waals surface area contributed by atoms with E-state index >= 15 is 0 Å². The average molecular weight is 329 g/mol. The number of alkyl halides is 1. The number of carbonyl (C=O) groups is 2. The van der Waals surface area contributed by atoms with Gasteiger partial charge in [0.15, 0.2) is 0 Å². The zero-order chi connectivity index (χ0) is 17.7. The van der Waals surface area contributed by atoms with Crippen LogP contribution in [0.15, 0.2) is 54.6 Å². The maximum Gasteiger partial charge on any atom is 0.308 e. The van der Waals surface area contributed by atoms with Crippen molar-refractivity contribution in [3.63, 3.8) is 0 Å². The van der Waals surface area contributed by atoms with E-state index in [-0.39, 0.29) is 5.56 Å². The van der Waals surface area contributed by atoms with Gasteiger partial charge in [0.25, 0.3) is 5.91 Å². The van der Waals surface area contributed by atoms with Crippen molar-refractivity contribution in [1.29, 1.82) is 0 Å². The number of carboxylic acid groups (broad SMARTS) is 1. The molecule has 2 aromatic carbocycles. The number of nitrogens with one attached hydrogen (secondary N) is 1. The summed E-state index contributed by atoms with van der Waals surface area (Å²) in [4.78, 5) is 23.6. The van der Waals surface area contributed by atoms with E-state index in [0.29, 0.717) is 5.56 Å². The SMILES string of the molecule is Cc1ccc([C@@H](NC(=O)[C@H](F)c2ccccc2)[C@@H](C)C(=O)O)cc1. The van der Waals surface area contributed by atoms with Crippen LogP contribution in [-0.2, 0) is 9.59 Å². The molecule has 0 fully saturated rings. The van der Waals surface area contributed by atoms with Crippen molar-refractivity contribution < 1.29 is 19.1 Å². The molecule has 0 unspecified atom stereocenters. The Labute approximate surface area is 140 Å². The summed E-state index contributed by atoms with van der Waals surface area (Å²) in [5.41, 5.74) is 1.88. The fourth-order valence-corrected chi connectivity index (χ4v) is 2.41. The molecule has 0 radical (unpaired) electrons. The fourth-order valence-electron chi connectivity index (χ4n) is 2.41. The molecule has 0 saturated carbocycles. The first-order valence-corrected chi connectivity index (χ1v) is 7.69. The molecule has 5 heteroatoms. The number of aliphatic carboxylic acids is 1. The lowest BCUT2D eigenvalue weighted by molar-refractivity contribution is -0.142. The van der Waals surface area contributed by atoms with Crippen LogP contribution in [0, 0.1) is 12.8 Å². The van der Waals surface area contributed by atoms with Gasteiger partial charge in [0, 0.05) is 0 Å². The van der Waals surface area contributed by atoms with E-state index in [1.54, 1.807) is 30.3 Å².